The molecule has 2 aromatic rings. The number of hydrogen-bond donors (Lipinski definition) is 1. The summed E-state index contributed by atoms with van der Waals surface area (Å²) in [6, 6.07) is 2.56. The van der Waals surface area contributed by atoms with E-state index in [1.165, 1.54) is 10.4 Å². The smallest absolute Gasteiger partial charge is 0.132 e. The van der Waals surface area contributed by atoms with Crippen LogP contribution in [0.1, 0.15) is 34.7 Å². The zero-order valence-electron chi connectivity index (χ0n) is 11.6. The fourth-order valence-corrected chi connectivity index (χ4v) is 4.00. The summed E-state index contributed by atoms with van der Waals surface area (Å²) in [7, 11) is 1.96. The SMILES string of the molecule is Cc1nn(C)c(N2CCc3sccc3C2C)c1CO. The van der Waals surface area contributed by atoms with Gasteiger partial charge in [0.05, 0.1) is 18.3 Å². The van der Waals surface area contributed by atoms with Gasteiger partial charge in [-0.25, -0.2) is 0 Å². The first-order valence-corrected chi connectivity index (χ1v) is 7.47. The monoisotopic (exact) mass is 277 g/mol. The van der Waals surface area contributed by atoms with Gasteiger partial charge >= 0.3 is 0 Å². The molecule has 0 saturated carbocycles. The Morgan fingerprint density at radius 1 is 1.53 bits per heavy atom. The maximum absolute atomic E-state index is 9.61. The van der Waals surface area contributed by atoms with Crippen LogP contribution >= 0.6 is 11.3 Å². The quantitative estimate of drug-likeness (QED) is 0.916. The third-order valence-electron chi connectivity index (χ3n) is 4.02. The summed E-state index contributed by atoms with van der Waals surface area (Å²) in [6.07, 6.45) is 1.08. The molecule has 1 N–H and O–H groups in total. The molecular formula is C14H19N3OS. The Balaban J connectivity index is 2.05. The molecule has 0 spiro atoms. The summed E-state index contributed by atoms with van der Waals surface area (Å²) in [6.45, 7) is 5.23. The van der Waals surface area contributed by atoms with E-state index in [0.717, 1.165) is 30.0 Å². The van der Waals surface area contributed by atoms with Gasteiger partial charge in [0.2, 0.25) is 0 Å². The van der Waals surface area contributed by atoms with Crippen LogP contribution in [0.3, 0.4) is 0 Å². The Hall–Kier alpha value is -1.33. The molecule has 102 valence electrons. The summed E-state index contributed by atoms with van der Waals surface area (Å²) in [5.41, 5.74) is 3.29. The first kappa shape index (κ1) is 12.7. The van der Waals surface area contributed by atoms with Crippen molar-refractivity contribution < 1.29 is 5.11 Å². The molecule has 1 unspecified atom stereocenters. The average Bonchev–Trinajstić information content (AvgIpc) is 2.95. The van der Waals surface area contributed by atoms with Crippen LogP contribution in [0.15, 0.2) is 11.4 Å². The molecule has 5 heteroatoms. The van der Waals surface area contributed by atoms with Crippen molar-refractivity contribution in [1.29, 1.82) is 0 Å². The highest BCUT2D eigenvalue weighted by atomic mass is 32.1. The predicted molar refractivity (Wildman–Crippen MR) is 77.7 cm³/mol. The number of nitrogens with zero attached hydrogens (tertiary/aromatic N) is 3. The second-order valence-corrected chi connectivity index (χ2v) is 6.09. The standard InChI is InChI=1S/C14H19N3OS/c1-9-12(8-18)14(16(3)15-9)17-6-4-13-11(10(17)2)5-7-19-13/h5,7,10,18H,4,6,8H2,1-3H3. The topological polar surface area (TPSA) is 41.3 Å². The van der Waals surface area contributed by atoms with Crippen LogP contribution in [0, 0.1) is 6.92 Å². The lowest BCUT2D eigenvalue weighted by molar-refractivity contribution is 0.281. The highest BCUT2D eigenvalue weighted by molar-refractivity contribution is 7.10. The van der Waals surface area contributed by atoms with Crippen molar-refractivity contribution in [3.05, 3.63) is 33.1 Å². The van der Waals surface area contributed by atoms with Crippen molar-refractivity contribution in [3.8, 4) is 0 Å². The number of hydrogen-bond acceptors (Lipinski definition) is 4. The van der Waals surface area contributed by atoms with Gasteiger partial charge in [0.15, 0.2) is 0 Å². The van der Waals surface area contributed by atoms with E-state index in [0.29, 0.717) is 6.04 Å². The van der Waals surface area contributed by atoms with Crippen LogP contribution in [0.25, 0.3) is 0 Å². The van der Waals surface area contributed by atoms with Gasteiger partial charge < -0.3 is 10.0 Å². The van der Waals surface area contributed by atoms with Gasteiger partial charge in [-0.3, -0.25) is 4.68 Å². The minimum absolute atomic E-state index is 0.0503. The number of aryl methyl sites for hydroxylation is 2. The van der Waals surface area contributed by atoms with Crippen molar-refractivity contribution in [2.75, 3.05) is 11.4 Å². The minimum Gasteiger partial charge on any atom is -0.391 e. The summed E-state index contributed by atoms with van der Waals surface area (Å²) in [4.78, 5) is 3.86. The molecule has 3 rings (SSSR count). The van der Waals surface area contributed by atoms with E-state index < -0.39 is 0 Å². The van der Waals surface area contributed by atoms with Crippen molar-refractivity contribution in [2.24, 2.45) is 7.05 Å². The molecule has 0 radical (unpaired) electrons. The van der Waals surface area contributed by atoms with E-state index in [1.54, 1.807) is 0 Å². The summed E-state index contributed by atoms with van der Waals surface area (Å²) >= 11 is 1.85. The Labute approximate surface area is 117 Å². The number of fused-ring (bicyclic) bond motifs is 1. The lowest BCUT2D eigenvalue weighted by atomic mass is 10.0. The molecule has 0 saturated heterocycles. The molecule has 1 aliphatic heterocycles. The molecule has 1 atom stereocenters. The van der Waals surface area contributed by atoms with Gasteiger partial charge in [-0.05, 0) is 37.3 Å². The van der Waals surface area contributed by atoms with Crippen LogP contribution in [0.2, 0.25) is 0 Å². The van der Waals surface area contributed by atoms with E-state index in [1.807, 2.05) is 30.0 Å². The normalized spacial score (nSPS) is 18.7. The van der Waals surface area contributed by atoms with E-state index >= 15 is 0 Å². The first-order chi connectivity index (χ1) is 9.13. The molecule has 0 fully saturated rings. The van der Waals surface area contributed by atoms with Crippen LogP contribution in [0.5, 0.6) is 0 Å². The van der Waals surface area contributed by atoms with Gasteiger partial charge in [0, 0.05) is 24.0 Å². The molecule has 3 heterocycles. The van der Waals surface area contributed by atoms with Crippen LogP contribution in [0.4, 0.5) is 5.82 Å². The van der Waals surface area contributed by atoms with Crippen LogP contribution in [-0.2, 0) is 20.1 Å². The van der Waals surface area contributed by atoms with E-state index in [4.69, 9.17) is 0 Å². The number of aromatic nitrogens is 2. The summed E-state index contributed by atoms with van der Waals surface area (Å²) < 4.78 is 1.90. The van der Waals surface area contributed by atoms with Gasteiger partial charge in [-0.15, -0.1) is 11.3 Å². The largest absolute Gasteiger partial charge is 0.391 e. The Morgan fingerprint density at radius 2 is 2.32 bits per heavy atom. The minimum atomic E-state index is 0.0503. The van der Waals surface area contributed by atoms with Gasteiger partial charge in [-0.1, -0.05) is 0 Å². The summed E-state index contributed by atoms with van der Waals surface area (Å²) in [5, 5.41) is 16.2. The molecular weight excluding hydrogens is 258 g/mol. The lowest BCUT2D eigenvalue weighted by Gasteiger charge is -2.35. The Kier molecular flexibility index (Phi) is 3.11. The van der Waals surface area contributed by atoms with Gasteiger partial charge in [0.25, 0.3) is 0 Å². The third-order valence-corrected chi connectivity index (χ3v) is 5.02. The van der Waals surface area contributed by atoms with Crippen LogP contribution < -0.4 is 4.90 Å². The second-order valence-electron chi connectivity index (χ2n) is 5.09. The van der Waals surface area contributed by atoms with Crippen molar-refractivity contribution in [2.45, 2.75) is 32.9 Å². The van der Waals surface area contributed by atoms with E-state index in [2.05, 4.69) is 28.4 Å². The molecule has 0 aliphatic carbocycles. The van der Waals surface area contributed by atoms with Gasteiger partial charge in [-0.2, -0.15) is 5.10 Å². The molecule has 2 aromatic heterocycles. The molecule has 0 aromatic carbocycles. The highest BCUT2D eigenvalue weighted by Crippen LogP contribution is 2.37. The van der Waals surface area contributed by atoms with Crippen molar-refractivity contribution in [1.82, 2.24) is 9.78 Å². The number of rotatable bonds is 2. The second kappa shape index (κ2) is 4.65. The van der Waals surface area contributed by atoms with E-state index in [-0.39, 0.29) is 6.61 Å². The van der Waals surface area contributed by atoms with E-state index in [9.17, 15) is 5.11 Å². The fourth-order valence-electron chi connectivity index (χ4n) is 3.03. The maximum Gasteiger partial charge on any atom is 0.132 e. The van der Waals surface area contributed by atoms with Crippen LogP contribution in [-0.4, -0.2) is 21.4 Å². The number of anilines is 1. The molecule has 19 heavy (non-hydrogen) atoms. The predicted octanol–water partition coefficient (Wildman–Crippen LogP) is 2.41. The molecule has 0 amide bonds. The molecule has 0 bridgehead atoms. The number of aliphatic hydroxyl groups is 1. The zero-order valence-corrected chi connectivity index (χ0v) is 12.4. The van der Waals surface area contributed by atoms with Gasteiger partial charge in [0.1, 0.15) is 5.82 Å². The fraction of sp³-hybridized carbons (Fsp3) is 0.500. The maximum atomic E-state index is 9.61. The third kappa shape index (κ3) is 1.88. The zero-order chi connectivity index (χ0) is 13.6. The summed E-state index contributed by atoms with van der Waals surface area (Å²) in [5.74, 6) is 1.06. The Morgan fingerprint density at radius 3 is 3.05 bits per heavy atom. The van der Waals surface area contributed by atoms with Crippen molar-refractivity contribution >= 4 is 17.2 Å². The number of aliphatic hydroxyl groups excluding tert-OH is 1. The first-order valence-electron chi connectivity index (χ1n) is 6.59. The average molecular weight is 277 g/mol. The lowest BCUT2D eigenvalue weighted by Crippen LogP contribution is -2.35. The van der Waals surface area contributed by atoms with Crippen molar-refractivity contribution in [3.63, 3.8) is 0 Å². The molecule has 4 nitrogen and oxygen atoms in total. The Bertz CT molecular complexity index is 602. The highest BCUT2D eigenvalue weighted by Gasteiger charge is 2.29. The molecule has 1 aliphatic rings. The number of thiophene rings is 1.